The minimum Gasteiger partial charge on any atom is -0.466 e. The smallest absolute Gasteiger partial charge is 0.306 e. The highest BCUT2D eigenvalue weighted by molar-refractivity contribution is 5.77. The topological polar surface area (TPSA) is 60.4 Å². The Morgan fingerprint density at radius 2 is 1.70 bits per heavy atom. The van der Waals surface area contributed by atoms with E-state index < -0.39 is 0 Å². The maximum absolute atomic E-state index is 11.6. The summed E-state index contributed by atoms with van der Waals surface area (Å²) in [5, 5.41) is 0. The zero-order chi connectivity index (χ0) is 15.2. The highest BCUT2D eigenvalue weighted by Crippen LogP contribution is 2.14. The van der Waals surface area contributed by atoms with Crippen LogP contribution in [0.4, 0.5) is 0 Å². The summed E-state index contributed by atoms with van der Waals surface area (Å²) in [6.45, 7) is 4.09. The Hall–Kier alpha value is -1.19. The number of unbranched alkanes of at least 4 members (excludes halogenated alkanes) is 5. The molecule has 0 saturated heterocycles. The Kier molecular flexibility index (Phi) is 12.1. The summed E-state index contributed by atoms with van der Waals surface area (Å²) in [5.74, 6) is -0.505. The quantitative estimate of drug-likeness (QED) is 0.295. The predicted octanol–water partition coefficient (Wildman–Crippen LogP) is 3.46. The van der Waals surface area contributed by atoms with Gasteiger partial charge in [-0.15, -0.1) is 0 Å². The highest BCUT2D eigenvalue weighted by Gasteiger charge is 2.16. The third-order valence-corrected chi connectivity index (χ3v) is 3.22. The van der Waals surface area contributed by atoms with Gasteiger partial charge >= 0.3 is 5.97 Å². The maximum atomic E-state index is 11.6. The second-order valence-electron chi connectivity index (χ2n) is 5.37. The molecule has 0 N–H and O–H groups in total. The van der Waals surface area contributed by atoms with Crippen LogP contribution in [0.3, 0.4) is 0 Å². The van der Waals surface area contributed by atoms with Crippen LogP contribution in [0.25, 0.3) is 0 Å². The van der Waals surface area contributed by atoms with E-state index in [2.05, 4.69) is 6.92 Å². The Labute approximate surface area is 122 Å². The van der Waals surface area contributed by atoms with Crippen molar-refractivity contribution in [3.8, 4) is 0 Å². The molecular formula is C16H28O4. The van der Waals surface area contributed by atoms with Crippen molar-refractivity contribution in [1.82, 2.24) is 0 Å². The predicted molar refractivity (Wildman–Crippen MR) is 78.4 cm³/mol. The molecule has 0 spiro atoms. The van der Waals surface area contributed by atoms with Gasteiger partial charge in [-0.05, 0) is 19.3 Å². The van der Waals surface area contributed by atoms with E-state index in [0.29, 0.717) is 6.61 Å². The Morgan fingerprint density at radius 3 is 2.30 bits per heavy atom. The highest BCUT2D eigenvalue weighted by atomic mass is 16.5. The molecule has 0 heterocycles. The average Bonchev–Trinajstić information content (AvgIpc) is 2.37. The van der Waals surface area contributed by atoms with Crippen molar-refractivity contribution >= 4 is 18.0 Å². The molecule has 1 unspecified atom stereocenters. The van der Waals surface area contributed by atoms with E-state index in [0.717, 1.165) is 19.1 Å². The van der Waals surface area contributed by atoms with Crippen molar-refractivity contribution in [2.24, 2.45) is 5.92 Å². The van der Waals surface area contributed by atoms with Crippen LogP contribution in [0.5, 0.6) is 0 Å². The monoisotopic (exact) mass is 284 g/mol. The number of hydrogen-bond donors (Lipinski definition) is 0. The molecular weight excluding hydrogens is 256 g/mol. The van der Waals surface area contributed by atoms with Crippen molar-refractivity contribution in [3.63, 3.8) is 0 Å². The van der Waals surface area contributed by atoms with Gasteiger partial charge in [0.15, 0.2) is 0 Å². The lowest BCUT2D eigenvalue weighted by molar-refractivity contribution is -0.145. The van der Waals surface area contributed by atoms with Crippen molar-refractivity contribution < 1.29 is 19.1 Å². The summed E-state index contributed by atoms with van der Waals surface area (Å²) in [5.41, 5.74) is 0. The van der Waals surface area contributed by atoms with E-state index in [1.807, 2.05) is 0 Å². The van der Waals surface area contributed by atoms with Crippen LogP contribution in [0.2, 0.25) is 0 Å². The lowest BCUT2D eigenvalue weighted by atomic mass is 9.96. The maximum Gasteiger partial charge on any atom is 0.306 e. The van der Waals surface area contributed by atoms with Gasteiger partial charge in [0, 0.05) is 19.3 Å². The molecule has 116 valence electrons. The molecule has 0 amide bonds. The summed E-state index contributed by atoms with van der Waals surface area (Å²) < 4.78 is 5.14. The van der Waals surface area contributed by atoms with Gasteiger partial charge in [-0.25, -0.2) is 0 Å². The third-order valence-electron chi connectivity index (χ3n) is 3.22. The number of ether oxygens (including phenoxy) is 1. The molecule has 4 nitrogen and oxygen atoms in total. The van der Waals surface area contributed by atoms with Crippen LogP contribution in [0, 0.1) is 5.92 Å². The normalized spacial score (nSPS) is 11.9. The minimum atomic E-state index is -0.299. The molecule has 0 radical (unpaired) electrons. The molecule has 0 aromatic carbocycles. The fourth-order valence-electron chi connectivity index (χ4n) is 2.14. The first-order valence-electron chi connectivity index (χ1n) is 7.68. The number of rotatable bonds is 13. The van der Waals surface area contributed by atoms with Crippen LogP contribution >= 0.6 is 0 Å². The van der Waals surface area contributed by atoms with E-state index in [1.54, 1.807) is 0 Å². The van der Waals surface area contributed by atoms with E-state index in [1.165, 1.54) is 32.6 Å². The van der Waals surface area contributed by atoms with Gasteiger partial charge in [0.25, 0.3) is 0 Å². The molecule has 20 heavy (non-hydrogen) atoms. The van der Waals surface area contributed by atoms with Crippen LogP contribution in [-0.4, -0.2) is 24.6 Å². The molecule has 0 aliphatic rings. The molecule has 0 rings (SSSR count). The van der Waals surface area contributed by atoms with Gasteiger partial charge in [0.2, 0.25) is 0 Å². The van der Waals surface area contributed by atoms with Gasteiger partial charge < -0.3 is 14.3 Å². The number of carbonyl (C=O) groups excluding carboxylic acids is 3. The molecule has 0 aromatic rings. The Bertz CT molecular complexity index is 286. The van der Waals surface area contributed by atoms with E-state index >= 15 is 0 Å². The van der Waals surface area contributed by atoms with Gasteiger partial charge in [-0.1, -0.05) is 39.0 Å². The number of hydrogen-bond acceptors (Lipinski definition) is 4. The molecule has 1 atom stereocenters. The fourth-order valence-corrected chi connectivity index (χ4v) is 2.14. The minimum absolute atomic E-state index is 0.000532. The molecule has 0 saturated carbocycles. The van der Waals surface area contributed by atoms with E-state index in [-0.39, 0.29) is 36.9 Å². The summed E-state index contributed by atoms with van der Waals surface area (Å²) in [7, 11) is 0. The van der Waals surface area contributed by atoms with Crippen molar-refractivity contribution in [1.29, 1.82) is 0 Å². The first kappa shape index (κ1) is 18.8. The summed E-state index contributed by atoms with van der Waals surface area (Å²) in [6, 6.07) is 0. The molecule has 0 fully saturated rings. The number of Topliss-reactive ketones (excluding diaryl/α,β-unsaturated/α-hetero) is 1. The SMILES string of the molecule is CCCCCCCCOC(=O)CC(CC=O)CC(C)=O. The molecule has 0 aromatic heterocycles. The molecule has 0 aliphatic heterocycles. The van der Waals surface area contributed by atoms with Crippen molar-refractivity contribution in [2.45, 2.75) is 71.6 Å². The largest absolute Gasteiger partial charge is 0.466 e. The van der Waals surface area contributed by atoms with Gasteiger partial charge in [0.05, 0.1) is 6.61 Å². The first-order chi connectivity index (χ1) is 9.60. The number of carbonyl (C=O) groups is 3. The summed E-state index contributed by atoms with van der Waals surface area (Å²) in [6.07, 6.45) is 8.31. The number of aldehydes is 1. The van der Waals surface area contributed by atoms with Gasteiger partial charge in [-0.2, -0.15) is 0 Å². The second kappa shape index (κ2) is 12.8. The lowest BCUT2D eigenvalue weighted by Gasteiger charge is -2.11. The van der Waals surface area contributed by atoms with E-state index in [4.69, 9.17) is 4.74 Å². The summed E-state index contributed by atoms with van der Waals surface area (Å²) in [4.78, 5) is 33.1. The second-order valence-corrected chi connectivity index (χ2v) is 5.37. The molecule has 0 bridgehead atoms. The zero-order valence-corrected chi connectivity index (χ0v) is 12.9. The van der Waals surface area contributed by atoms with Crippen LogP contribution in [0.1, 0.15) is 71.6 Å². The third kappa shape index (κ3) is 11.9. The first-order valence-corrected chi connectivity index (χ1v) is 7.68. The fraction of sp³-hybridized carbons (Fsp3) is 0.812. The number of esters is 1. The van der Waals surface area contributed by atoms with Gasteiger partial charge in [-0.3, -0.25) is 4.79 Å². The van der Waals surface area contributed by atoms with Crippen LogP contribution in [-0.2, 0) is 19.1 Å². The lowest BCUT2D eigenvalue weighted by Crippen LogP contribution is -2.15. The molecule has 0 aliphatic carbocycles. The zero-order valence-electron chi connectivity index (χ0n) is 12.9. The summed E-state index contributed by atoms with van der Waals surface area (Å²) >= 11 is 0. The Balaban J connectivity index is 3.68. The Morgan fingerprint density at radius 1 is 1.05 bits per heavy atom. The number of ketones is 1. The average molecular weight is 284 g/mol. The van der Waals surface area contributed by atoms with Crippen molar-refractivity contribution in [3.05, 3.63) is 0 Å². The van der Waals surface area contributed by atoms with Crippen LogP contribution in [0.15, 0.2) is 0 Å². The van der Waals surface area contributed by atoms with Gasteiger partial charge in [0.1, 0.15) is 12.1 Å². The van der Waals surface area contributed by atoms with Crippen LogP contribution < -0.4 is 0 Å². The van der Waals surface area contributed by atoms with Crippen molar-refractivity contribution in [2.75, 3.05) is 6.61 Å². The van der Waals surface area contributed by atoms with E-state index in [9.17, 15) is 14.4 Å². The molecule has 4 heteroatoms. The standard InChI is InChI=1S/C16H28O4/c1-3-4-5-6-7-8-11-20-16(19)13-15(9-10-17)12-14(2)18/h10,15H,3-9,11-13H2,1-2H3.